The van der Waals surface area contributed by atoms with Crippen LogP contribution in [0.2, 0.25) is 0 Å². The van der Waals surface area contributed by atoms with Gasteiger partial charge in [-0.2, -0.15) is 0 Å². The van der Waals surface area contributed by atoms with Gasteiger partial charge >= 0.3 is 0 Å². The fourth-order valence-electron chi connectivity index (χ4n) is 14.1. The van der Waals surface area contributed by atoms with E-state index >= 15 is 0 Å². The number of rotatable bonds is 19. The van der Waals surface area contributed by atoms with E-state index in [1.54, 1.807) is 99.8 Å². The topological polar surface area (TPSA) is 280 Å². The van der Waals surface area contributed by atoms with Crippen LogP contribution in [0.15, 0.2) is 49.8 Å². The minimum absolute atomic E-state index is 0.114. The minimum Gasteiger partial charge on any atom is -0.348 e. The summed E-state index contributed by atoms with van der Waals surface area (Å²) in [5, 5.41) is 6.84. The highest BCUT2D eigenvalue weighted by atomic mass is 16.2. The number of aryl methyl sites for hydroxylation is 2. The number of aromatic amines is 2. The van der Waals surface area contributed by atoms with Gasteiger partial charge in [-0.3, -0.25) is 43.2 Å². The van der Waals surface area contributed by atoms with Crippen LogP contribution >= 0.6 is 0 Å². The average Bonchev–Trinajstić information content (AvgIpc) is 1.59. The Morgan fingerprint density at radius 3 is 1.12 bits per heavy atom. The Balaban J connectivity index is 0.000000625. The number of hydrogen-bond donors (Lipinski definition) is 4. The molecule has 1 saturated carbocycles. The van der Waals surface area contributed by atoms with Crippen LogP contribution in [0.1, 0.15) is 313 Å². The Morgan fingerprint density at radius 1 is 0.423 bits per heavy atom. The van der Waals surface area contributed by atoms with Gasteiger partial charge in [0, 0.05) is 114 Å². The van der Waals surface area contributed by atoms with E-state index in [4.69, 9.17) is 0 Å². The lowest BCUT2D eigenvalue weighted by atomic mass is 9.68. The normalized spacial score (nSPS) is 20.2. The van der Waals surface area contributed by atoms with Gasteiger partial charge in [-0.15, -0.1) is 0 Å². The van der Waals surface area contributed by atoms with Crippen molar-refractivity contribution in [1.29, 1.82) is 0 Å². The summed E-state index contributed by atoms with van der Waals surface area (Å²) in [6.45, 7) is 55.0. The zero-order valence-corrected chi connectivity index (χ0v) is 75.9. The van der Waals surface area contributed by atoms with Crippen LogP contribution in [0, 0.1) is 33.0 Å². The molecule has 632 valence electrons. The number of aromatic nitrogens is 8. The Morgan fingerprint density at radius 2 is 0.829 bits per heavy atom. The van der Waals surface area contributed by atoms with Crippen molar-refractivity contribution in [3.05, 3.63) is 72.9 Å². The average molecular weight is 1550 g/mol. The molecule has 0 unspecified atom stereocenters. The molecular formula is C89H157N13O9. The highest BCUT2D eigenvalue weighted by molar-refractivity contribution is 5.88. The molecule has 8 heterocycles. The van der Waals surface area contributed by atoms with Crippen molar-refractivity contribution in [2.75, 3.05) is 54.4 Å². The molecule has 0 bridgehead atoms. The fourth-order valence-corrected chi connectivity index (χ4v) is 14.1. The maximum absolute atomic E-state index is 11.6. The highest BCUT2D eigenvalue weighted by Gasteiger charge is 2.41. The third-order valence-corrected chi connectivity index (χ3v) is 26.1. The molecule has 0 radical (unpaired) electrons. The lowest BCUT2D eigenvalue weighted by molar-refractivity contribution is -0.129. The van der Waals surface area contributed by atoms with E-state index in [1.807, 2.05) is 119 Å². The van der Waals surface area contributed by atoms with Crippen LogP contribution in [-0.2, 0) is 78.9 Å². The zero-order valence-electron chi connectivity index (χ0n) is 75.9. The first-order chi connectivity index (χ1) is 50.9. The number of imidazole rings is 4. The first-order valence-corrected chi connectivity index (χ1v) is 41.0. The quantitative estimate of drug-likeness (QED) is 0.0679. The summed E-state index contributed by atoms with van der Waals surface area (Å²) in [5.41, 5.74) is -0.968. The lowest BCUT2D eigenvalue weighted by Crippen LogP contribution is -2.49. The summed E-state index contributed by atoms with van der Waals surface area (Å²) in [4.78, 5) is 131. The first kappa shape index (κ1) is 103. The largest absolute Gasteiger partial charge is 0.348 e. The van der Waals surface area contributed by atoms with E-state index in [0.717, 1.165) is 68.1 Å². The molecule has 0 amide bonds. The first-order valence-electron chi connectivity index (χ1n) is 41.0. The second-order valence-electron chi connectivity index (χ2n) is 37.3. The van der Waals surface area contributed by atoms with Crippen LogP contribution in [0.4, 0.5) is 0 Å². The van der Waals surface area contributed by atoms with Gasteiger partial charge in [0.1, 0.15) is 63.7 Å². The van der Waals surface area contributed by atoms with Gasteiger partial charge in [-0.25, -0.2) is 19.9 Å². The molecule has 5 aliphatic rings. The number of carbonyl (C=O) groups excluding carboxylic acids is 9. The molecule has 4 N–H and O–H groups in total. The maximum atomic E-state index is 11.6. The number of H-pyrrole nitrogens is 2. The molecule has 5 fully saturated rings. The van der Waals surface area contributed by atoms with Crippen LogP contribution < -0.4 is 10.6 Å². The van der Waals surface area contributed by atoms with Gasteiger partial charge in [0.25, 0.3) is 0 Å². The van der Waals surface area contributed by atoms with Crippen molar-refractivity contribution >= 4 is 52.0 Å². The van der Waals surface area contributed by atoms with Crippen molar-refractivity contribution < 1.29 is 43.2 Å². The van der Waals surface area contributed by atoms with Gasteiger partial charge in [0.05, 0.1) is 40.0 Å². The molecule has 4 saturated heterocycles. The second kappa shape index (κ2) is 45.1. The number of hydrogen-bond acceptors (Lipinski definition) is 18. The predicted molar refractivity (Wildman–Crippen MR) is 452 cm³/mol. The van der Waals surface area contributed by atoms with Gasteiger partial charge in [0.2, 0.25) is 0 Å². The highest BCUT2D eigenvalue weighted by Crippen LogP contribution is 2.40. The standard InChI is InChI=1S/C13H25NO.2C11H21NO.2C10H19NO.2C9H14N2O.2C8H12N2O/c1-10(15)13(2,3)11-6-8-12(9-7-11)14(4)5;2*1-9(13)11(2,3)10-7-5-6-8-12(10)4;2*1-8(12)10(2,3)9-6-4-5-7-11-9;1-7(12)9(2,3)8-5-11(4)6-10-8;1-7(12)9(2,3)8-10-5-6-11(8)4;1-6(11)8(2,3)7-4-9-5-10-7;1-6(11)8(2,3)7-9-4-5-10-7/h11-12H,6-9H2,1-5H3;2*10H,5-8H2,1-4H3;2*9,11H,4-7H2,1-3H3;2*5-6H,1-4H3;2*4-5H,1-3H3,(H,9,10)/t;2*10-;2*9-;;;;/m.1010..../s1. The van der Waals surface area contributed by atoms with Crippen molar-refractivity contribution in [2.45, 2.75) is 342 Å². The molecule has 1 aliphatic carbocycles. The van der Waals surface area contributed by atoms with Crippen LogP contribution in [0.25, 0.3) is 0 Å². The van der Waals surface area contributed by atoms with E-state index in [-0.39, 0.29) is 50.2 Å². The zero-order chi connectivity index (χ0) is 85.8. The molecule has 0 spiro atoms. The van der Waals surface area contributed by atoms with Gasteiger partial charge in [-0.05, 0) is 255 Å². The molecule has 9 rings (SSSR count). The number of Topliss-reactive ketones (excluding diaryl/α,β-unsaturated/α-hetero) is 9. The number of piperidine rings is 4. The summed E-state index contributed by atoms with van der Waals surface area (Å²) < 4.78 is 3.72. The second-order valence-corrected chi connectivity index (χ2v) is 37.3. The Hall–Kier alpha value is -6.33. The summed E-state index contributed by atoms with van der Waals surface area (Å²) in [7, 11) is 12.4. The Kier molecular flexibility index (Phi) is 41.7. The van der Waals surface area contributed by atoms with Crippen molar-refractivity contribution in [1.82, 2.24) is 64.4 Å². The molecule has 111 heavy (non-hydrogen) atoms. The number of carbonyl (C=O) groups is 9. The van der Waals surface area contributed by atoms with Crippen LogP contribution in [0.3, 0.4) is 0 Å². The monoisotopic (exact) mass is 1550 g/mol. The number of nitrogens with zero attached hydrogens (tertiary/aromatic N) is 9. The molecule has 22 nitrogen and oxygen atoms in total. The van der Waals surface area contributed by atoms with Gasteiger partial charge < -0.3 is 44.4 Å². The number of ketones is 9. The summed E-state index contributed by atoms with van der Waals surface area (Å²) >= 11 is 0. The lowest BCUT2D eigenvalue weighted by Gasteiger charge is -2.41. The number of nitrogens with one attached hydrogen (secondary N) is 4. The SMILES string of the molecule is CC(=O)C(C)(C)C1CCC(N(C)C)CC1.CC(=O)C(C)(C)[C@@H]1CCCCN1.CC(=O)C(C)(C)[C@@H]1CCCCN1C.CC(=O)C(C)(C)[C@H]1CCCCN1.CC(=O)C(C)(C)[C@H]1CCCCN1C.CC(=O)C(C)(C)c1cn(C)cn1.CC(=O)C(C)(C)c1cnc[nH]1.CC(=O)C(C)(C)c1ncc[nH]1.CC(=O)C(C)(C)c1nccn1C. The van der Waals surface area contributed by atoms with E-state index in [0.29, 0.717) is 59.0 Å². The number of likely N-dealkylation sites (tertiary alicyclic amines) is 2. The predicted octanol–water partition coefficient (Wildman–Crippen LogP) is 15.5. The fraction of sp³-hybridized carbons (Fsp3) is 0.764. The molecule has 0 aromatic carbocycles. The summed E-state index contributed by atoms with van der Waals surface area (Å²) in [6, 6.07) is 2.40. The maximum Gasteiger partial charge on any atom is 0.142 e. The van der Waals surface area contributed by atoms with Gasteiger partial charge in [0.15, 0.2) is 0 Å². The van der Waals surface area contributed by atoms with E-state index < -0.39 is 21.7 Å². The third-order valence-electron chi connectivity index (χ3n) is 26.1. The molecule has 4 aromatic heterocycles. The Labute approximate surface area is 672 Å². The van der Waals surface area contributed by atoms with Crippen LogP contribution in [0.5, 0.6) is 0 Å². The van der Waals surface area contributed by atoms with E-state index in [9.17, 15) is 43.2 Å². The molecule has 4 aliphatic heterocycles. The molecule has 4 atom stereocenters. The molecular weight excluding hydrogens is 1400 g/mol. The van der Waals surface area contributed by atoms with Crippen molar-refractivity contribution in [2.24, 2.45) is 47.1 Å². The smallest absolute Gasteiger partial charge is 0.142 e. The molecule has 22 heteroatoms. The van der Waals surface area contributed by atoms with E-state index in [1.165, 1.54) is 89.9 Å². The van der Waals surface area contributed by atoms with Gasteiger partial charge in [-0.1, -0.05) is 94.9 Å². The van der Waals surface area contributed by atoms with Crippen molar-refractivity contribution in [3.8, 4) is 0 Å². The summed E-state index contributed by atoms with van der Waals surface area (Å²) in [5.74, 6) is 4.22. The van der Waals surface area contributed by atoms with Crippen LogP contribution in [-0.4, -0.2) is 190 Å². The summed E-state index contributed by atoms with van der Waals surface area (Å²) in [6.07, 6.45) is 33.4. The van der Waals surface area contributed by atoms with Crippen molar-refractivity contribution in [3.63, 3.8) is 0 Å². The minimum atomic E-state index is -0.483. The Bertz CT molecular complexity index is 3350. The molecule has 4 aromatic rings. The van der Waals surface area contributed by atoms with E-state index in [2.05, 4.69) is 125 Å². The third kappa shape index (κ3) is 30.8.